The number of aryl methyl sites for hydroxylation is 1. The van der Waals surface area contributed by atoms with Crippen molar-refractivity contribution in [2.75, 3.05) is 6.54 Å². The highest BCUT2D eigenvalue weighted by Crippen LogP contribution is 2.00. The van der Waals surface area contributed by atoms with Crippen LogP contribution in [-0.2, 0) is 11.3 Å². The van der Waals surface area contributed by atoms with Gasteiger partial charge in [-0.25, -0.2) is 0 Å². The Kier molecular flexibility index (Phi) is 4.98. The SMILES string of the molecule is CCC(C)NCC(=O)NCc1cc(C)on1. The van der Waals surface area contributed by atoms with E-state index in [0.29, 0.717) is 19.1 Å². The summed E-state index contributed by atoms with van der Waals surface area (Å²) in [5.41, 5.74) is 0.745. The second-order valence-corrected chi connectivity index (χ2v) is 3.90. The number of rotatable bonds is 6. The van der Waals surface area contributed by atoms with E-state index in [2.05, 4.69) is 22.7 Å². The van der Waals surface area contributed by atoms with Crippen LogP contribution in [0.4, 0.5) is 0 Å². The monoisotopic (exact) mass is 225 g/mol. The normalized spacial score (nSPS) is 12.4. The number of aromatic nitrogens is 1. The Morgan fingerprint density at radius 3 is 2.94 bits per heavy atom. The van der Waals surface area contributed by atoms with Gasteiger partial charge >= 0.3 is 0 Å². The lowest BCUT2D eigenvalue weighted by molar-refractivity contribution is -0.120. The van der Waals surface area contributed by atoms with E-state index in [-0.39, 0.29) is 5.91 Å². The molecule has 0 radical (unpaired) electrons. The predicted molar refractivity (Wildman–Crippen MR) is 60.8 cm³/mol. The number of nitrogens with one attached hydrogen (secondary N) is 2. The van der Waals surface area contributed by atoms with Crippen molar-refractivity contribution in [2.45, 2.75) is 39.8 Å². The van der Waals surface area contributed by atoms with Crippen LogP contribution in [0.1, 0.15) is 31.7 Å². The molecule has 1 rings (SSSR count). The summed E-state index contributed by atoms with van der Waals surface area (Å²) >= 11 is 0. The summed E-state index contributed by atoms with van der Waals surface area (Å²) in [4.78, 5) is 11.4. The Hall–Kier alpha value is -1.36. The molecule has 0 spiro atoms. The Bertz CT molecular complexity index is 336. The van der Waals surface area contributed by atoms with Crippen molar-refractivity contribution in [1.29, 1.82) is 0 Å². The number of amides is 1. The first-order valence-corrected chi connectivity index (χ1v) is 5.54. The molecule has 1 heterocycles. The fourth-order valence-electron chi connectivity index (χ4n) is 1.16. The average Bonchev–Trinajstić information content (AvgIpc) is 2.69. The zero-order valence-corrected chi connectivity index (χ0v) is 10.0. The van der Waals surface area contributed by atoms with Gasteiger partial charge in [0.05, 0.1) is 13.1 Å². The fourth-order valence-corrected chi connectivity index (χ4v) is 1.16. The Labute approximate surface area is 95.6 Å². The lowest BCUT2D eigenvalue weighted by Gasteiger charge is -2.10. The molecule has 0 aliphatic heterocycles. The topological polar surface area (TPSA) is 67.2 Å². The van der Waals surface area contributed by atoms with Crippen LogP contribution in [0.15, 0.2) is 10.6 Å². The van der Waals surface area contributed by atoms with Gasteiger partial charge in [0, 0.05) is 12.1 Å². The van der Waals surface area contributed by atoms with E-state index in [1.54, 1.807) is 0 Å². The van der Waals surface area contributed by atoms with Crippen LogP contribution in [0.3, 0.4) is 0 Å². The first kappa shape index (κ1) is 12.7. The lowest BCUT2D eigenvalue weighted by atomic mass is 10.2. The Morgan fingerprint density at radius 1 is 1.62 bits per heavy atom. The molecule has 1 aromatic rings. The highest BCUT2D eigenvalue weighted by molar-refractivity contribution is 5.77. The molecule has 16 heavy (non-hydrogen) atoms. The summed E-state index contributed by atoms with van der Waals surface area (Å²) in [5.74, 6) is 0.725. The van der Waals surface area contributed by atoms with Gasteiger partial charge in [-0.3, -0.25) is 4.79 Å². The minimum absolute atomic E-state index is 0.0269. The van der Waals surface area contributed by atoms with Gasteiger partial charge in [0.15, 0.2) is 0 Å². The molecule has 2 N–H and O–H groups in total. The number of nitrogens with zero attached hydrogens (tertiary/aromatic N) is 1. The van der Waals surface area contributed by atoms with Crippen LogP contribution >= 0.6 is 0 Å². The average molecular weight is 225 g/mol. The predicted octanol–water partition coefficient (Wildman–Crippen LogP) is 0.987. The summed E-state index contributed by atoms with van der Waals surface area (Å²) in [7, 11) is 0. The molecule has 1 aromatic heterocycles. The van der Waals surface area contributed by atoms with Crippen molar-refractivity contribution in [2.24, 2.45) is 0 Å². The number of carbonyl (C=O) groups is 1. The second kappa shape index (κ2) is 6.27. The molecule has 0 aliphatic rings. The van der Waals surface area contributed by atoms with Gasteiger partial charge in [-0.2, -0.15) is 0 Å². The molecule has 1 amide bonds. The zero-order valence-electron chi connectivity index (χ0n) is 10.0. The molecule has 0 aliphatic carbocycles. The van der Waals surface area contributed by atoms with Crippen LogP contribution in [0.2, 0.25) is 0 Å². The number of carbonyl (C=O) groups excluding carboxylic acids is 1. The summed E-state index contributed by atoms with van der Waals surface area (Å²) in [6, 6.07) is 2.17. The molecule has 0 aromatic carbocycles. The van der Waals surface area contributed by atoms with Gasteiger partial charge in [-0.1, -0.05) is 12.1 Å². The van der Waals surface area contributed by atoms with E-state index in [4.69, 9.17) is 4.52 Å². The van der Waals surface area contributed by atoms with Crippen molar-refractivity contribution in [3.05, 3.63) is 17.5 Å². The van der Waals surface area contributed by atoms with E-state index in [9.17, 15) is 4.79 Å². The van der Waals surface area contributed by atoms with Gasteiger partial charge in [-0.05, 0) is 20.3 Å². The Balaban J connectivity index is 2.20. The quantitative estimate of drug-likeness (QED) is 0.757. The molecule has 1 atom stereocenters. The van der Waals surface area contributed by atoms with Gasteiger partial charge in [-0.15, -0.1) is 0 Å². The van der Waals surface area contributed by atoms with Crippen molar-refractivity contribution in [3.63, 3.8) is 0 Å². The second-order valence-electron chi connectivity index (χ2n) is 3.90. The van der Waals surface area contributed by atoms with Crippen LogP contribution in [0.5, 0.6) is 0 Å². The van der Waals surface area contributed by atoms with Crippen molar-refractivity contribution < 1.29 is 9.32 Å². The molecule has 0 saturated carbocycles. The molecule has 1 unspecified atom stereocenters. The van der Waals surface area contributed by atoms with Crippen molar-refractivity contribution >= 4 is 5.91 Å². The highest BCUT2D eigenvalue weighted by Gasteiger charge is 2.05. The molecule has 5 heteroatoms. The smallest absolute Gasteiger partial charge is 0.234 e. The molecule has 5 nitrogen and oxygen atoms in total. The molecule has 0 fully saturated rings. The molecule has 0 saturated heterocycles. The van der Waals surface area contributed by atoms with Crippen LogP contribution in [0.25, 0.3) is 0 Å². The first-order chi connectivity index (χ1) is 7.61. The maximum atomic E-state index is 11.4. The largest absolute Gasteiger partial charge is 0.361 e. The number of hydrogen-bond donors (Lipinski definition) is 2. The highest BCUT2D eigenvalue weighted by atomic mass is 16.5. The molecular weight excluding hydrogens is 206 g/mol. The van der Waals surface area contributed by atoms with E-state index in [0.717, 1.165) is 17.9 Å². The standard InChI is InChI=1S/C11H19N3O2/c1-4-8(2)12-7-11(15)13-6-10-5-9(3)16-14-10/h5,8,12H,4,6-7H2,1-3H3,(H,13,15). The summed E-state index contributed by atoms with van der Waals surface area (Å²) in [5, 5.41) is 9.67. The third kappa shape index (κ3) is 4.44. The molecule has 0 bridgehead atoms. The number of hydrogen-bond acceptors (Lipinski definition) is 4. The van der Waals surface area contributed by atoms with E-state index in [1.807, 2.05) is 19.9 Å². The first-order valence-electron chi connectivity index (χ1n) is 5.54. The van der Waals surface area contributed by atoms with Crippen molar-refractivity contribution in [3.8, 4) is 0 Å². The summed E-state index contributed by atoms with van der Waals surface area (Å²) in [6.07, 6.45) is 1.01. The minimum Gasteiger partial charge on any atom is -0.361 e. The van der Waals surface area contributed by atoms with Crippen molar-refractivity contribution in [1.82, 2.24) is 15.8 Å². The van der Waals surface area contributed by atoms with E-state index >= 15 is 0 Å². The van der Waals surface area contributed by atoms with E-state index < -0.39 is 0 Å². The minimum atomic E-state index is -0.0269. The molecule has 90 valence electrons. The zero-order chi connectivity index (χ0) is 12.0. The fraction of sp³-hybridized carbons (Fsp3) is 0.636. The van der Waals surface area contributed by atoms with Gasteiger partial charge in [0.1, 0.15) is 11.5 Å². The Morgan fingerprint density at radius 2 is 2.38 bits per heavy atom. The van der Waals surface area contributed by atoms with Gasteiger partial charge < -0.3 is 15.2 Å². The molecular formula is C11H19N3O2. The maximum Gasteiger partial charge on any atom is 0.234 e. The third-order valence-electron chi connectivity index (χ3n) is 2.37. The van der Waals surface area contributed by atoms with E-state index in [1.165, 1.54) is 0 Å². The summed E-state index contributed by atoms with van der Waals surface area (Å²) < 4.78 is 4.90. The summed E-state index contributed by atoms with van der Waals surface area (Å²) in [6.45, 7) is 6.70. The third-order valence-corrected chi connectivity index (χ3v) is 2.37. The van der Waals surface area contributed by atoms with Gasteiger partial charge in [0.2, 0.25) is 5.91 Å². The van der Waals surface area contributed by atoms with Crippen LogP contribution in [0, 0.1) is 6.92 Å². The van der Waals surface area contributed by atoms with Gasteiger partial charge in [0.25, 0.3) is 0 Å². The lowest BCUT2D eigenvalue weighted by Crippen LogP contribution is -2.37. The maximum absolute atomic E-state index is 11.4. The van der Waals surface area contributed by atoms with Crippen LogP contribution < -0.4 is 10.6 Å². The van der Waals surface area contributed by atoms with Crippen LogP contribution in [-0.4, -0.2) is 23.7 Å².